The summed E-state index contributed by atoms with van der Waals surface area (Å²) >= 11 is 0. The highest BCUT2D eigenvalue weighted by atomic mass is 33.1. The lowest BCUT2D eigenvalue weighted by molar-refractivity contribution is -0.870. The number of phosphoric ester groups is 1. The van der Waals surface area contributed by atoms with Crippen molar-refractivity contribution in [2.24, 2.45) is 11.8 Å². The minimum Gasteiger partial charge on any atom is -0.756 e. The van der Waals surface area contributed by atoms with Gasteiger partial charge in [0.25, 0.3) is 7.82 Å². The van der Waals surface area contributed by atoms with E-state index in [1.165, 1.54) is 35.9 Å². The Labute approximate surface area is 415 Å². The number of nitrogens with zero attached hydrogens (tertiary/aromatic N) is 1. The molecule has 0 aromatic rings. The zero-order valence-corrected chi connectivity index (χ0v) is 45.2. The van der Waals surface area contributed by atoms with E-state index in [1.807, 2.05) is 64.3 Å². The molecule has 2 unspecified atom stereocenters. The van der Waals surface area contributed by atoms with Crippen molar-refractivity contribution in [1.82, 2.24) is 0 Å². The van der Waals surface area contributed by atoms with Crippen LogP contribution in [0.3, 0.4) is 0 Å². The molecule has 0 spiro atoms. The van der Waals surface area contributed by atoms with Crippen molar-refractivity contribution in [3.8, 4) is 0 Å². The van der Waals surface area contributed by atoms with E-state index in [-0.39, 0.29) is 38.0 Å². The molecule has 2 heterocycles. The highest BCUT2D eigenvalue weighted by molar-refractivity contribution is 8.77. The number of hydrogen-bond acceptors (Lipinski definition) is 16. The van der Waals surface area contributed by atoms with Crippen molar-refractivity contribution >= 4 is 74.9 Å². The summed E-state index contributed by atoms with van der Waals surface area (Å²) in [5.74, 6) is 5.53. The van der Waals surface area contributed by atoms with E-state index in [9.17, 15) is 28.6 Å². The Morgan fingerprint density at radius 3 is 1.27 bits per heavy atom. The maximum absolute atomic E-state index is 12.8. The van der Waals surface area contributed by atoms with Crippen LogP contribution in [0.25, 0.3) is 0 Å². The topological polar surface area (TPSA) is 164 Å². The Hall–Kier alpha value is -0.650. The molecular weight excluding hydrogens is 942 g/mol. The summed E-state index contributed by atoms with van der Waals surface area (Å²) in [5.41, 5.74) is 0. The lowest BCUT2D eigenvalue weighted by Crippen LogP contribution is -2.37. The molecule has 2 fully saturated rings. The summed E-state index contributed by atoms with van der Waals surface area (Å²) in [4.78, 5) is 61.7. The van der Waals surface area contributed by atoms with E-state index < -0.39 is 32.5 Å². The third-order valence-corrected chi connectivity index (χ3v) is 18.0. The van der Waals surface area contributed by atoms with Gasteiger partial charge in [0.2, 0.25) is 0 Å². The Morgan fingerprint density at radius 1 is 0.485 bits per heavy atom. The van der Waals surface area contributed by atoms with Gasteiger partial charge in [-0.3, -0.25) is 23.7 Å². The molecule has 18 heteroatoms. The summed E-state index contributed by atoms with van der Waals surface area (Å²) in [5, 5.41) is 0. The number of carbonyl (C=O) groups excluding carboxylic acids is 4. The Kier molecular flexibility index (Phi) is 37.3. The molecule has 13 nitrogen and oxygen atoms in total. The van der Waals surface area contributed by atoms with Crippen LogP contribution < -0.4 is 4.89 Å². The molecule has 386 valence electrons. The highest BCUT2D eigenvalue weighted by Gasteiger charge is 2.22. The smallest absolute Gasteiger partial charge is 0.306 e. The zero-order chi connectivity index (χ0) is 48.0. The van der Waals surface area contributed by atoms with Crippen LogP contribution in [0, 0.1) is 11.8 Å². The van der Waals surface area contributed by atoms with Gasteiger partial charge < -0.3 is 37.4 Å². The SMILES string of the molecule is C[N+](C)(C)CCOP(=O)([O-])OCC(COC(=O)CCCCCCCCCCCOC(=O)CCCCC1CSSC1)OC(=O)CCCCCCCCCCCOC(=O)CCCCC1CSSC1. The van der Waals surface area contributed by atoms with E-state index in [0.29, 0.717) is 49.9 Å². The van der Waals surface area contributed by atoms with Crippen molar-refractivity contribution in [3.63, 3.8) is 0 Å². The third-order valence-electron chi connectivity index (χ3n) is 11.6. The van der Waals surface area contributed by atoms with Crippen LogP contribution >= 0.6 is 51.0 Å². The second-order valence-electron chi connectivity index (χ2n) is 19.1. The first-order chi connectivity index (χ1) is 31.8. The number of ether oxygens (including phenoxy) is 4. The molecule has 0 aliphatic carbocycles. The van der Waals surface area contributed by atoms with E-state index in [2.05, 4.69) is 0 Å². The second kappa shape index (κ2) is 40.0. The van der Waals surface area contributed by atoms with E-state index in [4.69, 9.17) is 28.0 Å². The molecule has 2 atom stereocenters. The molecule has 66 heavy (non-hydrogen) atoms. The van der Waals surface area contributed by atoms with Crippen molar-refractivity contribution in [2.75, 3.05) is 83.7 Å². The van der Waals surface area contributed by atoms with Crippen molar-refractivity contribution in [2.45, 2.75) is 186 Å². The van der Waals surface area contributed by atoms with Crippen LogP contribution in [0.15, 0.2) is 0 Å². The Balaban J connectivity index is 1.50. The fraction of sp³-hybridized carbons (Fsp3) is 0.917. The quantitative estimate of drug-likeness (QED) is 0.0141. The molecule has 2 aliphatic rings. The first-order valence-electron chi connectivity index (χ1n) is 25.4. The van der Waals surface area contributed by atoms with Crippen LogP contribution in [0.4, 0.5) is 0 Å². The van der Waals surface area contributed by atoms with Crippen LogP contribution in [0.2, 0.25) is 0 Å². The molecule has 2 aliphatic heterocycles. The van der Waals surface area contributed by atoms with Crippen molar-refractivity contribution in [3.05, 3.63) is 0 Å². The maximum Gasteiger partial charge on any atom is 0.306 e. The van der Waals surface area contributed by atoms with Crippen molar-refractivity contribution < 1.29 is 61.1 Å². The number of unbranched alkanes of at least 4 members (excludes halogenated alkanes) is 18. The van der Waals surface area contributed by atoms with Crippen LogP contribution in [0.1, 0.15) is 180 Å². The first-order valence-corrected chi connectivity index (χ1v) is 31.8. The predicted octanol–water partition coefficient (Wildman–Crippen LogP) is 11.7. The molecule has 0 aromatic carbocycles. The number of esters is 4. The normalized spacial score (nSPS) is 16.0. The van der Waals surface area contributed by atoms with E-state index in [1.54, 1.807) is 0 Å². The molecule has 0 saturated carbocycles. The standard InChI is InChI=1S/C48H88NO12PS4/c1-49(2,3)32-35-59-62(54,55)60-37-44(61-48(53)31-19-15-11-7-5-9-13-17-25-34-57-46(51)30-23-21-27-43-40-65-66-41-43)36-58-47(52)28-18-14-10-6-4-8-12-16-24-33-56-45(50)29-22-20-26-42-38-63-64-39-42/h42-44H,4-41H2,1-3H3. The number of carbonyl (C=O) groups is 4. The summed E-state index contributed by atoms with van der Waals surface area (Å²) in [6.45, 7) is 0.602. The van der Waals surface area contributed by atoms with Crippen LogP contribution in [0.5, 0.6) is 0 Å². The first kappa shape index (κ1) is 61.5. The fourth-order valence-corrected chi connectivity index (χ4v) is 14.2. The van der Waals surface area contributed by atoms with Crippen molar-refractivity contribution in [1.29, 1.82) is 0 Å². The Morgan fingerprint density at radius 2 is 0.848 bits per heavy atom. The van der Waals surface area contributed by atoms with Crippen LogP contribution in [-0.2, 0) is 51.7 Å². The summed E-state index contributed by atoms with van der Waals surface area (Å²) in [7, 11) is 8.92. The summed E-state index contributed by atoms with van der Waals surface area (Å²) in [6.07, 6.45) is 24.7. The van der Waals surface area contributed by atoms with E-state index in [0.717, 1.165) is 140 Å². The molecule has 2 rings (SSSR count). The molecular formula is C48H88NO12PS4. The molecule has 0 N–H and O–H groups in total. The number of likely N-dealkylation sites (N-methyl/N-ethyl adjacent to an activating group) is 1. The second-order valence-corrected chi connectivity index (χ2v) is 25.6. The minimum atomic E-state index is -4.67. The molecule has 0 bridgehead atoms. The highest BCUT2D eigenvalue weighted by Crippen LogP contribution is 2.39. The van der Waals surface area contributed by atoms with E-state index >= 15 is 0 Å². The molecule has 2 saturated heterocycles. The van der Waals surface area contributed by atoms with Gasteiger partial charge in [0, 0.05) is 48.7 Å². The number of quaternary nitrogens is 1. The lowest BCUT2D eigenvalue weighted by Gasteiger charge is -2.28. The van der Waals surface area contributed by atoms with Gasteiger partial charge in [0.05, 0.1) is 41.0 Å². The maximum atomic E-state index is 12.8. The molecule has 0 radical (unpaired) electrons. The average molecular weight is 1030 g/mol. The number of phosphoric acid groups is 1. The van der Waals surface area contributed by atoms with Gasteiger partial charge in [-0.1, -0.05) is 146 Å². The molecule has 0 amide bonds. The summed E-state index contributed by atoms with van der Waals surface area (Å²) in [6, 6.07) is 0. The van der Waals surface area contributed by atoms with Gasteiger partial charge in [0.15, 0.2) is 6.10 Å². The average Bonchev–Trinajstić information content (AvgIpc) is 4.00. The monoisotopic (exact) mass is 1030 g/mol. The predicted molar refractivity (Wildman–Crippen MR) is 271 cm³/mol. The number of rotatable bonds is 44. The zero-order valence-electron chi connectivity index (χ0n) is 41.0. The van der Waals surface area contributed by atoms with Gasteiger partial charge in [-0.25, -0.2) is 0 Å². The van der Waals surface area contributed by atoms with Gasteiger partial charge in [-0.15, -0.1) is 0 Å². The van der Waals surface area contributed by atoms with Crippen LogP contribution in [-0.4, -0.2) is 118 Å². The van der Waals surface area contributed by atoms with Gasteiger partial charge in [-0.05, 0) is 63.2 Å². The molecule has 0 aromatic heterocycles. The largest absolute Gasteiger partial charge is 0.756 e. The lowest BCUT2D eigenvalue weighted by atomic mass is 10.1. The number of hydrogen-bond donors (Lipinski definition) is 0. The fourth-order valence-electron chi connectivity index (χ4n) is 7.40. The third kappa shape index (κ3) is 38.1. The van der Waals surface area contributed by atoms with Gasteiger partial charge in [-0.2, -0.15) is 0 Å². The Bertz CT molecular complexity index is 1320. The van der Waals surface area contributed by atoms with Gasteiger partial charge in [0.1, 0.15) is 19.8 Å². The van der Waals surface area contributed by atoms with Gasteiger partial charge >= 0.3 is 23.9 Å². The summed E-state index contributed by atoms with van der Waals surface area (Å²) < 4.78 is 44.8. The minimum absolute atomic E-state index is 0.0573.